The number of aliphatic hydroxyl groups is 1. The van der Waals surface area contributed by atoms with Gasteiger partial charge in [0.15, 0.2) is 5.78 Å². The third-order valence-electron chi connectivity index (χ3n) is 5.61. The summed E-state index contributed by atoms with van der Waals surface area (Å²) in [5, 5.41) is 14.2. The minimum Gasteiger partial charge on any atom is -0.388 e. The van der Waals surface area contributed by atoms with Crippen molar-refractivity contribution < 1.29 is 28.3 Å². The van der Waals surface area contributed by atoms with E-state index in [0.29, 0.717) is 28.8 Å². The maximum absolute atomic E-state index is 13.7. The molecule has 0 aliphatic rings. The highest BCUT2D eigenvalue weighted by molar-refractivity contribution is 5.98. The number of anilines is 1. The van der Waals surface area contributed by atoms with Gasteiger partial charge in [0.1, 0.15) is 24.3 Å². The Labute approximate surface area is 219 Å². The number of carbonyl (C=O) groups is 3. The van der Waals surface area contributed by atoms with Crippen LogP contribution in [0.5, 0.6) is 0 Å². The van der Waals surface area contributed by atoms with Gasteiger partial charge in [0.2, 0.25) is 5.91 Å². The van der Waals surface area contributed by atoms with Crippen LogP contribution in [0.15, 0.2) is 66.7 Å². The normalized spacial score (nSPS) is 11.2. The van der Waals surface area contributed by atoms with Crippen LogP contribution in [0.2, 0.25) is 0 Å². The fourth-order valence-electron chi connectivity index (χ4n) is 3.51. The van der Waals surface area contributed by atoms with E-state index in [2.05, 4.69) is 22.5 Å². The Morgan fingerprint density at radius 3 is 2.16 bits per heavy atom. The number of halogens is 2. The van der Waals surface area contributed by atoms with Gasteiger partial charge >= 0.3 is 0 Å². The quantitative estimate of drug-likeness (QED) is 0.307. The van der Waals surface area contributed by atoms with Crippen molar-refractivity contribution in [1.82, 2.24) is 5.32 Å². The van der Waals surface area contributed by atoms with Gasteiger partial charge in [-0.05, 0) is 85.1 Å². The lowest BCUT2D eigenvalue weighted by Gasteiger charge is -2.14. The first-order valence-corrected chi connectivity index (χ1v) is 11.9. The predicted molar refractivity (Wildman–Crippen MR) is 139 cm³/mol. The van der Waals surface area contributed by atoms with Crippen LogP contribution in [-0.2, 0) is 16.0 Å². The maximum Gasteiger partial charge on any atom is 0.251 e. The number of rotatable bonds is 10. The Bertz CT molecular complexity index is 1350. The number of benzene rings is 3. The smallest absolute Gasteiger partial charge is 0.251 e. The van der Waals surface area contributed by atoms with E-state index in [1.54, 1.807) is 48.5 Å². The molecule has 0 aliphatic heterocycles. The molecule has 0 spiro atoms. The number of nitrogens with two attached hydrogens (primary N) is 1. The zero-order valence-electron chi connectivity index (χ0n) is 20.5. The number of nitrogens with one attached hydrogen (secondary N) is 2. The van der Waals surface area contributed by atoms with Crippen LogP contribution in [0.3, 0.4) is 0 Å². The van der Waals surface area contributed by atoms with Crippen molar-refractivity contribution in [2.75, 3.05) is 18.5 Å². The summed E-state index contributed by atoms with van der Waals surface area (Å²) in [6, 6.07) is 15.7. The molecule has 0 heterocycles. The van der Waals surface area contributed by atoms with Gasteiger partial charge in [-0.1, -0.05) is 11.8 Å². The van der Waals surface area contributed by atoms with Gasteiger partial charge in [0, 0.05) is 35.3 Å². The second-order valence-corrected chi connectivity index (χ2v) is 8.43. The van der Waals surface area contributed by atoms with Crippen molar-refractivity contribution in [2.24, 2.45) is 5.73 Å². The lowest BCUT2D eigenvalue weighted by atomic mass is 10.1. The molecular weight excluding hydrogens is 492 g/mol. The molecule has 3 rings (SSSR count). The summed E-state index contributed by atoms with van der Waals surface area (Å²) in [6.07, 6.45) is 0.801. The van der Waals surface area contributed by atoms with Gasteiger partial charge in [0.05, 0.1) is 0 Å². The zero-order valence-corrected chi connectivity index (χ0v) is 20.5. The number of aliphatic hydroxyl groups excluding tert-OH is 1. The van der Waals surface area contributed by atoms with E-state index in [1.165, 1.54) is 0 Å². The molecular formula is C29H27F2N3O4. The van der Waals surface area contributed by atoms with E-state index in [9.17, 15) is 23.2 Å². The Balaban J connectivity index is 1.50. The lowest BCUT2D eigenvalue weighted by Crippen LogP contribution is -2.46. The molecule has 0 aliphatic carbocycles. The number of ketones is 1. The van der Waals surface area contributed by atoms with Crippen LogP contribution in [0.1, 0.15) is 39.9 Å². The summed E-state index contributed by atoms with van der Waals surface area (Å²) >= 11 is 0. The Kier molecular flexibility index (Phi) is 10.2. The van der Waals surface area contributed by atoms with Crippen molar-refractivity contribution in [1.29, 1.82) is 0 Å². The van der Waals surface area contributed by atoms with Gasteiger partial charge < -0.3 is 21.5 Å². The highest BCUT2D eigenvalue weighted by Gasteiger charge is 2.18. The molecule has 0 radical (unpaired) electrons. The third kappa shape index (κ3) is 8.34. The number of hydrogen-bond acceptors (Lipinski definition) is 5. The maximum atomic E-state index is 13.7. The largest absolute Gasteiger partial charge is 0.388 e. The van der Waals surface area contributed by atoms with Gasteiger partial charge in [-0.15, -0.1) is 0 Å². The molecule has 3 aromatic rings. The van der Waals surface area contributed by atoms with Crippen molar-refractivity contribution >= 4 is 23.3 Å². The molecule has 1 atom stereocenters. The Hall–Kier alpha value is -4.39. The van der Waals surface area contributed by atoms with Crippen LogP contribution < -0.4 is 16.4 Å². The summed E-state index contributed by atoms with van der Waals surface area (Å²) < 4.78 is 26.9. The summed E-state index contributed by atoms with van der Waals surface area (Å²) in [7, 11) is 0. The first kappa shape index (κ1) is 28.2. The zero-order chi connectivity index (χ0) is 27.5. The summed E-state index contributed by atoms with van der Waals surface area (Å²) in [5.41, 5.74) is 7.99. The molecule has 0 bridgehead atoms. The molecule has 196 valence electrons. The van der Waals surface area contributed by atoms with E-state index in [1.807, 2.05) is 0 Å². The Morgan fingerprint density at radius 1 is 0.921 bits per heavy atom. The minimum absolute atomic E-state index is 0.116. The lowest BCUT2D eigenvalue weighted by molar-refractivity contribution is -0.123. The molecule has 9 heteroatoms. The standard InChI is InChI=1S/C29H27F2N3O4/c30-23-12-15-25(31)22(16-23)2-1-3-28(37)33-24-13-8-20(9-14-24)5-4-19-6-10-21(11-7-19)29(38)34-26(17-32)27(36)18-35/h6-16,26,35H,1-3,17-18,32H2,(H,33,37)(H,34,38)/t26-/m0/s1. The molecule has 0 aromatic heterocycles. The van der Waals surface area contributed by atoms with Crippen molar-refractivity contribution in [2.45, 2.75) is 25.3 Å². The SMILES string of the molecule is NC[C@H](NC(=O)c1ccc(C#Cc2ccc(NC(=O)CCCc3cc(F)ccc3F)cc2)cc1)C(=O)CO. The highest BCUT2D eigenvalue weighted by atomic mass is 19.1. The minimum atomic E-state index is -0.954. The van der Waals surface area contributed by atoms with E-state index < -0.39 is 36.0 Å². The summed E-state index contributed by atoms with van der Waals surface area (Å²) in [6.45, 7) is -0.820. The number of hydrogen-bond donors (Lipinski definition) is 4. The molecule has 0 unspecified atom stereocenters. The van der Waals surface area contributed by atoms with Crippen molar-refractivity contribution in [3.63, 3.8) is 0 Å². The molecule has 3 aromatic carbocycles. The Morgan fingerprint density at radius 2 is 1.55 bits per heavy atom. The van der Waals surface area contributed by atoms with E-state index in [0.717, 1.165) is 18.2 Å². The van der Waals surface area contributed by atoms with Gasteiger partial charge in [-0.3, -0.25) is 14.4 Å². The number of amides is 2. The fourth-order valence-corrected chi connectivity index (χ4v) is 3.51. The second-order valence-electron chi connectivity index (χ2n) is 8.43. The van der Waals surface area contributed by atoms with E-state index in [-0.39, 0.29) is 30.9 Å². The molecule has 0 saturated heterocycles. The van der Waals surface area contributed by atoms with Gasteiger partial charge in [0.25, 0.3) is 5.91 Å². The summed E-state index contributed by atoms with van der Waals surface area (Å²) in [4.78, 5) is 36.0. The molecule has 38 heavy (non-hydrogen) atoms. The molecule has 0 saturated carbocycles. The first-order chi connectivity index (χ1) is 18.3. The topological polar surface area (TPSA) is 122 Å². The average molecular weight is 520 g/mol. The second kappa shape index (κ2) is 13.8. The third-order valence-corrected chi connectivity index (χ3v) is 5.61. The van der Waals surface area contributed by atoms with Crippen LogP contribution in [-0.4, -0.2) is 41.9 Å². The molecule has 5 N–H and O–H groups in total. The highest BCUT2D eigenvalue weighted by Crippen LogP contribution is 2.14. The average Bonchev–Trinajstić information content (AvgIpc) is 2.93. The number of aryl methyl sites for hydroxylation is 1. The summed E-state index contributed by atoms with van der Waals surface area (Å²) in [5.74, 6) is 3.70. The predicted octanol–water partition coefficient (Wildman–Crippen LogP) is 2.94. The van der Waals surface area contributed by atoms with E-state index in [4.69, 9.17) is 10.8 Å². The van der Waals surface area contributed by atoms with Crippen molar-refractivity contribution in [3.8, 4) is 11.8 Å². The monoisotopic (exact) mass is 519 g/mol. The molecule has 2 amide bonds. The number of Topliss-reactive ketones (excluding diaryl/α,β-unsaturated/α-hetero) is 1. The van der Waals surface area contributed by atoms with Crippen LogP contribution in [0, 0.1) is 23.5 Å². The number of carbonyl (C=O) groups excluding carboxylic acids is 3. The van der Waals surface area contributed by atoms with Crippen LogP contribution in [0.25, 0.3) is 0 Å². The molecule has 7 nitrogen and oxygen atoms in total. The van der Waals surface area contributed by atoms with Crippen LogP contribution >= 0.6 is 0 Å². The van der Waals surface area contributed by atoms with Gasteiger partial charge in [-0.25, -0.2) is 8.78 Å². The van der Waals surface area contributed by atoms with Gasteiger partial charge in [-0.2, -0.15) is 0 Å². The van der Waals surface area contributed by atoms with E-state index >= 15 is 0 Å². The fraction of sp³-hybridized carbons (Fsp3) is 0.207. The molecule has 0 fully saturated rings. The van der Waals surface area contributed by atoms with Crippen molar-refractivity contribution in [3.05, 3.63) is 101 Å². The first-order valence-electron chi connectivity index (χ1n) is 11.9. The van der Waals surface area contributed by atoms with Crippen LogP contribution in [0.4, 0.5) is 14.5 Å².